The van der Waals surface area contributed by atoms with Crippen LogP contribution in [0.2, 0.25) is 0 Å². The van der Waals surface area contributed by atoms with Crippen LogP contribution in [0.1, 0.15) is 51.1 Å². The molecule has 4 aromatic rings. The zero-order valence-corrected chi connectivity index (χ0v) is 33.6. The number of nitrogens with zero attached hydrogens (tertiary/aromatic N) is 2. The molecule has 2 heterocycles. The third-order valence-corrected chi connectivity index (χ3v) is 9.78. The van der Waals surface area contributed by atoms with Gasteiger partial charge in [0.05, 0.1) is 67.3 Å². The van der Waals surface area contributed by atoms with Gasteiger partial charge in [-0.05, 0) is 61.4 Å². The number of amides is 2. The molecule has 1 aliphatic heterocycles. The average Bonchev–Trinajstić information content (AvgIpc) is 3.50. The summed E-state index contributed by atoms with van der Waals surface area (Å²) in [5.41, 5.74) is 2.02. The van der Waals surface area contributed by atoms with Crippen LogP contribution in [0.25, 0.3) is 21.8 Å². The molecule has 1 fully saturated rings. The second-order valence-corrected chi connectivity index (χ2v) is 14.8. The first kappa shape index (κ1) is 43.9. The average molecular weight is 828 g/mol. The number of carbonyl (C=O) groups excluding carboxylic acids is 4. The maximum absolute atomic E-state index is 14.6. The molecule has 0 spiro atoms. The summed E-state index contributed by atoms with van der Waals surface area (Å²) in [6.45, 7) is 5.93. The van der Waals surface area contributed by atoms with Crippen molar-refractivity contribution in [3.05, 3.63) is 70.8 Å². The number of aryl methyl sites for hydroxylation is 3. The van der Waals surface area contributed by atoms with Crippen molar-refractivity contribution in [2.24, 2.45) is 0 Å². The number of imide groups is 1. The third kappa shape index (κ3) is 11.5. The molecule has 1 aliphatic rings. The fourth-order valence-electron chi connectivity index (χ4n) is 6.31. The van der Waals surface area contributed by atoms with Crippen molar-refractivity contribution in [3.8, 4) is 17.2 Å². The number of fused-ring (bicyclic) bond motifs is 2. The molecule has 312 valence electrons. The molecular formula is C40H47N2O15S+. The Hall–Kier alpha value is -5.24. The van der Waals surface area contributed by atoms with E-state index >= 15 is 0 Å². The van der Waals surface area contributed by atoms with Crippen molar-refractivity contribution in [1.29, 1.82) is 0 Å². The van der Waals surface area contributed by atoms with Crippen molar-refractivity contribution in [3.63, 3.8) is 0 Å². The summed E-state index contributed by atoms with van der Waals surface area (Å²) in [6, 6.07) is 13.1. The quantitative estimate of drug-likeness (QED) is 0.0228. The summed E-state index contributed by atoms with van der Waals surface area (Å²) >= 11 is 0. The Morgan fingerprint density at radius 2 is 1.22 bits per heavy atom. The van der Waals surface area contributed by atoms with Gasteiger partial charge in [0.1, 0.15) is 30.5 Å². The second kappa shape index (κ2) is 20.4. The number of ether oxygens (including phenoxy) is 7. The topological polar surface area (TPSA) is 204 Å². The van der Waals surface area contributed by atoms with Gasteiger partial charge in [-0.1, -0.05) is 0 Å². The zero-order valence-electron chi connectivity index (χ0n) is 32.8. The molecular weight excluding hydrogens is 781 g/mol. The first-order valence-electron chi connectivity index (χ1n) is 18.5. The number of rotatable bonds is 22. The maximum atomic E-state index is 14.6. The summed E-state index contributed by atoms with van der Waals surface area (Å²) in [5.74, 6) is -2.46. The van der Waals surface area contributed by atoms with Crippen LogP contribution in [0.15, 0.2) is 48.5 Å². The van der Waals surface area contributed by atoms with Crippen molar-refractivity contribution in [2.75, 3.05) is 72.8 Å². The number of hydrogen-bond donors (Lipinski definition) is 1. The Balaban J connectivity index is 1.56. The van der Waals surface area contributed by atoms with Gasteiger partial charge in [-0.25, -0.2) is 9.59 Å². The molecule has 58 heavy (non-hydrogen) atoms. The van der Waals surface area contributed by atoms with E-state index in [9.17, 15) is 32.1 Å². The van der Waals surface area contributed by atoms with E-state index in [-0.39, 0.29) is 69.1 Å². The van der Waals surface area contributed by atoms with Crippen LogP contribution in [0.4, 0.5) is 0 Å². The van der Waals surface area contributed by atoms with Crippen LogP contribution in [0.5, 0.6) is 17.2 Å². The van der Waals surface area contributed by atoms with Gasteiger partial charge in [0, 0.05) is 45.6 Å². The van der Waals surface area contributed by atoms with E-state index in [2.05, 4.69) is 0 Å². The lowest BCUT2D eigenvalue weighted by Crippen LogP contribution is -2.37. The highest BCUT2D eigenvalue weighted by Crippen LogP contribution is 2.33. The molecule has 0 atom stereocenters. The number of aromatic nitrogens is 1. The van der Waals surface area contributed by atoms with E-state index in [0.717, 1.165) is 0 Å². The monoisotopic (exact) mass is 827 g/mol. The van der Waals surface area contributed by atoms with E-state index < -0.39 is 39.6 Å². The minimum Gasteiger partial charge on any atom is -0.491 e. The number of hydroxylamine groups is 2. The highest BCUT2D eigenvalue weighted by Gasteiger charge is 2.34. The van der Waals surface area contributed by atoms with Crippen molar-refractivity contribution in [1.82, 2.24) is 5.06 Å². The number of esters is 1. The maximum Gasteiger partial charge on any atom is 0.363 e. The Morgan fingerprint density at radius 3 is 1.71 bits per heavy atom. The molecule has 0 aliphatic carbocycles. The molecule has 0 radical (unpaired) electrons. The third-order valence-electron chi connectivity index (χ3n) is 8.97. The van der Waals surface area contributed by atoms with Crippen LogP contribution < -0.4 is 18.8 Å². The van der Waals surface area contributed by atoms with Gasteiger partial charge < -0.3 is 38.0 Å². The number of methoxy groups -OCH3 is 2. The van der Waals surface area contributed by atoms with Crippen molar-refractivity contribution in [2.45, 2.75) is 39.7 Å². The molecule has 3 aromatic carbocycles. The fraction of sp³-hybridized carbons (Fsp3) is 0.425. The predicted molar refractivity (Wildman–Crippen MR) is 206 cm³/mol. The van der Waals surface area contributed by atoms with Crippen molar-refractivity contribution < 1.29 is 74.7 Å². The first-order chi connectivity index (χ1) is 27.8. The number of benzene rings is 3. The van der Waals surface area contributed by atoms with Crippen LogP contribution >= 0.6 is 0 Å². The minimum atomic E-state index is -4.26. The Kier molecular flexibility index (Phi) is 15.5. The number of carbonyl (C=O) groups is 4. The van der Waals surface area contributed by atoms with E-state index in [0.29, 0.717) is 75.9 Å². The molecule has 0 unspecified atom stereocenters. The second-order valence-electron chi connectivity index (χ2n) is 13.2. The zero-order chi connectivity index (χ0) is 41.8. The minimum absolute atomic E-state index is 0.0322. The van der Waals surface area contributed by atoms with Gasteiger partial charge >= 0.3 is 11.9 Å². The standard InChI is InChI=1S/C40H46N2O15S/c1-26-22-28(39(45)57-42-35(43)10-11-36(42)44)23-27(2)38(26)56-40(46)37-31-24-29(54-19-17-52-15-13-50-3)6-8-33(31)41(12-5-21-58(47,48)49)34-9-7-30(25-32(34)37)55-20-18-53-16-14-51-4/h6-9,22-25H,5,10-21H2,1-4H3/p+1. The van der Waals surface area contributed by atoms with Crippen LogP contribution in [-0.4, -0.2) is 115 Å². The number of hydrogen-bond acceptors (Lipinski definition) is 14. The lowest BCUT2D eigenvalue weighted by atomic mass is 10.0. The molecule has 1 aromatic heterocycles. The fourth-order valence-corrected chi connectivity index (χ4v) is 6.81. The lowest BCUT2D eigenvalue weighted by Gasteiger charge is -2.17. The van der Waals surface area contributed by atoms with Gasteiger partial charge in [0.2, 0.25) is 11.0 Å². The van der Waals surface area contributed by atoms with E-state index in [1.165, 1.54) is 12.1 Å². The van der Waals surface area contributed by atoms with E-state index in [1.807, 2.05) is 4.57 Å². The lowest BCUT2D eigenvalue weighted by molar-refractivity contribution is -0.645. The number of pyridine rings is 1. The smallest absolute Gasteiger partial charge is 0.363 e. The summed E-state index contributed by atoms with van der Waals surface area (Å²) in [6.07, 6.45) is -0.0561. The Morgan fingerprint density at radius 1 is 0.724 bits per heavy atom. The molecule has 5 rings (SSSR count). The molecule has 1 N–H and O–H groups in total. The predicted octanol–water partition coefficient (Wildman–Crippen LogP) is 3.70. The van der Waals surface area contributed by atoms with Crippen LogP contribution in [0, 0.1) is 13.8 Å². The van der Waals surface area contributed by atoms with Gasteiger partial charge in [0.15, 0.2) is 6.54 Å². The van der Waals surface area contributed by atoms with Crippen molar-refractivity contribution >= 4 is 55.7 Å². The van der Waals surface area contributed by atoms with E-state index in [1.54, 1.807) is 64.5 Å². The highest BCUT2D eigenvalue weighted by molar-refractivity contribution is 7.85. The molecule has 0 saturated carbocycles. The molecule has 2 amide bonds. The molecule has 17 nitrogen and oxygen atoms in total. The molecule has 1 saturated heterocycles. The first-order valence-corrected chi connectivity index (χ1v) is 20.1. The molecule has 18 heteroatoms. The molecule has 0 bridgehead atoms. The summed E-state index contributed by atoms with van der Waals surface area (Å²) < 4.78 is 74.0. The van der Waals surface area contributed by atoms with Gasteiger partial charge in [0.25, 0.3) is 21.9 Å². The highest BCUT2D eigenvalue weighted by atomic mass is 32.2. The largest absolute Gasteiger partial charge is 0.491 e. The summed E-state index contributed by atoms with van der Waals surface area (Å²) in [4.78, 5) is 56.7. The SMILES string of the molecule is COCCOCCOc1ccc2c(c1)c(C(=O)Oc1c(C)cc(C(=O)ON3C(=O)CCC3=O)cc1C)c1cc(OCCOCCOC)ccc1[n+]2CCCS(=O)(=O)O. The van der Waals surface area contributed by atoms with Gasteiger partial charge in [-0.2, -0.15) is 13.0 Å². The Bertz CT molecular complexity index is 2140. The summed E-state index contributed by atoms with van der Waals surface area (Å²) in [5, 5.41) is 1.26. The van der Waals surface area contributed by atoms with E-state index in [4.69, 9.17) is 38.0 Å². The van der Waals surface area contributed by atoms with Crippen LogP contribution in [0.3, 0.4) is 0 Å². The normalized spacial score (nSPS) is 13.1. The Labute approximate surface area is 335 Å². The van der Waals surface area contributed by atoms with Gasteiger partial charge in [-0.15, -0.1) is 5.06 Å². The van der Waals surface area contributed by atoms with Crippen LogP contribution in [-0.2, 0) is 50.0 Å². The van der Waals surface area contributed by atoms with Gasteiger partial charge in [-0.3, -0.25) is 14.1 Å². The summed E-state index contributed by atoms with van der Waals surface area (Å²) in [7, 11) is -1.12.